The molecule has 2 atom stereocenters. The molecule has 0 bridgehead atoms. The average Bonchev–Trinajstić information content (AvgIpc) is 3.63. The third-order valence-corrected chi connectivity index (χ3v) is 8.41. The molecule has 2 fully saturated rings. The number of ether oxygens (including phenoxy) is 1. The number of carboxylic acids is 1. The number of oxime groups is 1. The maximum absolute atomic E-state index is 13.2. The van der Waals surface area contributed by atoms with Crippen LogP contribution in [0.4, 0.5) is 5.13 Å². The van der Waals surface area contributed by atoms with Gasteiger partial charge in [-0.2, -0.15) is 4.57 Å². The second kappa shape index (κ2) is 12.0. The van der Waals surface area contributed by atoms with Gasteiger partial charge in [0.25, 0.3) is 11.8 Å². The summed E-state index contributed by atoms with van der Waals surface area (Å²) in [5, 5.41) is 18.5. The van der Waals surface area contributed by atoms with E-state index in [1.54, 1.807) is 5.38 Å². The normalized spacial score (nSPS) is 20.8. The quantitative estimate of drug-likeness (QED) is 0.0930. The molecular formula is C26H27N6O6S2+. The van der Waals surface area contributed by atoms with Crippen molar-refractivity contribution in [2.45, 2.75) is 55.3 Å². The van der Waals surface area contributed by atoms with E-state index in [1.807, 2.05) is 29.1 Å². The third kappa shape index (κ3) is 5.75. The van der Waals surface area contributed by atoms with E-state index in [-0.39, 0.29) is 46.5 Å². The van der Waals surface area contributed by atoms with Crippen molar-refractivity contribution in [3.8, 4) is 12.3 Å². The van der Waals surface area contributed by atoms with Gasteiger partial charge in [0.05, 0.1) is 5.75 Å². The first-order chi connectivity index (χ1) is 19.4. The predicted molar refractivity (Wildman–Crippen MR) is 146 cm³/mol. The Hall–Kier alpha value is -4.09. The first-order valence-corrected chi connectivity index (χ1v) is 14.5. The van der Waals surface area contributed by atoms with Crippen LogP contribution in [-0.4, -0.2) is 69.0 Å². The van der Waals surface area contributed by atoms with Crippen molar-refractivity contribution in [3.05, 3.63) is 47.1 Å². The number of terminal acetylenes is 1. The standard InChI is InChI=1S/C26H26N6O6S2/c1-2-9-31-10-7-16(8-11-31)39-14-19-22(25(35)36)32-18(12-37-19)21(24(32)34)29-23(33)20(17-13-40-26(27)28-17)30-38-15-5-3-4-6-15/h1,7-8,10-11,13,15,18,21H,3-6,9,12,14H2,(H3-,27,28,29,33,35,36)/p+1/b30-20-/t18-,21+/m1/s1. The second-order valence-corrected chi connectivity index (χ2v) is 11.3. The highest BCUT2D eigenvalue weighted by molar-refractivity contribution is 7.99. The minimum absolute atomic E-state index is 0.0228. The summed E-state index contributed by atoms with van der Waals surface area (Å²) in [4.78, 5) is 50.3. The van der Waals surface area contributed by atoms with Crippen LogP contribution in [0.2, 0.25) is 0 Å². The summed E-state index contributed by atoms with van der Waals surface area (Å²) in [6.45, 7) is 0.465. The van der Waals surface area contributed by atoms with Crippen molar-refractivity contribution in [2.75, 3.05) is 18.1 Å². The number of carbonyl (C=O) groups excluding carboxylic acids is 2. The van der Waals surface area contributed by atoms with E-state index >= 15 is 0 Å². The number of carboxylic acid groups (broad SMARTS) is 1. The van der Waals surface area contributed by atoms with Crippen molar-refractivity contribution in [3.63, 3.8) is 0 Å². The lowest BCUT2D eigenvalue weighted by Crippen LogP contribution is -2.73. The van der Waals surface area contributed by atoms with Crippen molar-refractivity contribution < 1.29 is 33.6 Å². The molecule has 0 unspecified atom stereocenters. The Kier molecular flexibility index (Phi) is 8.22. The molecule has 2 amide bonds. The molecule has 2 aromatic heterocycles. The molecular weight excluding hydrogens is 556 g/mol. The Labute approximate surface area is 238 Å². The van der Waals surface area contributed by atoms with Crippen LogP contribution in [-0.2, 0) is 30.5 Å². The van der Waals surface area contributed by atoms with E-state index < -0.39 is 29.9 Å². The first-order valence-electron chi connectivity index (χ1n) is 12.6. The molecule has 0 aromatic carbocycles. The molecule has 40 heavy (non-hydrogen) atoms. The summed E-state index contributed by atoms with van der Waals surface area (Å²) in [5.74, 6) is 0.423. The van der Waals surface area contributed by atoms with E-state index in [1.165, 1.54) is 16.7 Å². The van der Waals surface area contributed by atoms with Gasteiger partial charge in [-0.05, 0) is 31.6 Å². The lowest BCUT2D eigenvalue weighted by Gasteiger charge is -2.49. The third-order valence-electron chi connectivity index (χ3n) is 6.72. The van der Waals surface area contributed by atoms with Gasteiger partial charge in [0.15, 0.2) is 28.9 Å². The summed E-state index contributed by atoms with van der Waals surface area (Å²) in [6, 6.07) is 2.04. The molecule has 1 saturated carbocycles. The van der Waals surface area contributed by atoms with Crippen molar-refractivity contribution in [1.29, 1.82) is 0 Å². The van der Waals surface area contributed by atoms with Crippen LogP contribution in [0.3, 0.4) is 0 Å². The number of fused-ring (bicyclic) bond motifs is 1. The fraction of sp³-hybridized carbons (Fsp3) is 0.385. The fourth-order valence-electron chi connectivity index (χ4n) is 4.70. The van der Waals surface area contributed by atoms with Crippen molar-refractivity contribution in [2.24, 2.45) is 5.16 Å². The Bertz CT molecular complexity index is 1410. The van der Waals surface area contributed by atoms with Crippen LogP contribution in [0.5, 0.6) is 0 Å². The number of nitrogen functional groups attached to an aromatic ring is 1. The number of nitrogens with zero attached hydrogens (tertiary/aromatic N) is 4. The van der Waals surface area contributed by atoms with Gasteiger partial charge in [-0.25, -0.2) is 9.78 Å². The Morgan fingerprint density at radius 2 is 2.12 bits per heavy atom. The SMILES string of the molecule is C#CC[n+]1ccc(SCC2=C(C(=O)O)N3C(=O)[C@@H](NC(=O)/C(=N\OC4CCCC4)c4csc(N)n4)[C@H]3CO2)cc1. The number of aromatic nitrogens is 2. The first kappa shape index (κ1) is 27.5. The van der Waals surface area contributed by atoms with Gasteiger partial charge < -0.3 is 25.7 Å². The van der Waals surface area contributed by atoms with Crippen LogP contribution >= 0.6 is 23.1 Å². The number of pyridine rings is 1. The molecule has 3 aliphatic rings. The summed E-state index contributed by atoms with van der Waals surface area (Å²) in [6.07, 6.45) is 12.6. The molecule has 1 saturated heterocycles. The number of thiazole rings is 1. The zero-order valence-electron chi connectivity index (χ0n) is 21.3. The lowest BCUT2D eigenvalue weighted by molar-refractivity contribution is -0.685. The molecule has 0 spiro atoms. The van der Waals surface area contributed by atoms with Crippen molar-refractivity contribution in [1.82, 2.24) is 15.2 Å². The molecule has 4 N–H and O–H groups in total. The van der Waals surface area contributed by atoms with Crippen LogP contribution in [0.25, 0.3) is 0 Å². The van der Waals surface area contributed by atoms with E-state index in [0.29, 0.717) is 6.54 Å². The second-order valence-electron chi connectivity index (χ2n) is 9.34. The maximum Gasteiger partial charge on any atom is 0.356 e. The monoisotopic (exact) mass is 583 g/mol. The number of nitrogens with two attached hydrogens (primary N) is 1. The van der Waals surface area contributed by atoms with Gasteiger partial charge in [-0.15, -0.1) is 29.5 Å². The number of thioether (sulfide) groups is 1. The number of rotatable bonds is 10. The van der Waals surface area contributed by atoms with E-state index in [0.717, 1.165) is 41.9 Å². The highest BCUT2D eigenvalue weighted by Crippen LogP contribution is 2.35. The van der Waals surface area contributed by atoms with Gasteiger partial charge in [0, 0.05) is 22.4 Å². The van der Waals surface area contributed by atoms with Crippen LogP contribution in [0.1, 0.15) is 31.4 Å². The average molecular weight is 584 g/mol. The predicted octanol–water partition coefficient (Wildman–Crippen LogP) is 1.12. The van der Waals surface area contributed by atoms with Gasteiger partial charge in [-0.1, -0.05) is 5.16 Å². The van der Waals surface area contributed by atoms with Crippen LogP contribution in [0.15, 0.2) is 51.4 Å². The number of nitrogens with one attached hydrogen (secondary N) is 1. The Morgan fingerprint density at radius 3 is 2.77 bits per heavy atom. The summed E-state index contributed by atoms with van der Waals surface area (Å²) in [7, 11) is 0. The zero-order valence-corrected chi connectivity index (χ0v) is 23.0. The highest BCUT2D eigenvalue weighted by atomic mass is 32.2. The molecule has 2 aliphatic heterocycles. The molecule has 208 valence electrons. The Morgan fingerprint density at radius 1 is 1.38 bits per heavy atom. The zero-order chi connectivity index (χ0) is 28.2. The van der Waals surface area contributed by atoms with E-state index in [2.05, 4.69) is 21.4 Å². The molecule has 14 heteroatoms. The number of amides is 2. The number of anilines is 1. The number of carbonyl (C=O) groups is 3. The summed E-state index contributed by atoms with van der Waals surface area (Å²) in [5.41, 5.74) is 5.66. The van der Waals surface area contributed by atoms with Gasteiger partial charge in [0.2, 0.25) is 6.54 Å². The molecule has 4 heterocycles. The number of hydrogen-bond donors (Lipinski definition) is 3. The number of β-lactam (4-membered cyclic amide) rings is 1. The van der Waals surface area contributed by atoms with Crippen molar-refractivity contribution >= 4 is 51.7 Å². The van der Waals surface area contributed by atoms with Crippen LogP contribution < -0.4 is 15.6 Å². The summed E-state index contributed by atoms with van der Waals surface area (Å²) >= 11 is 2.52. The van der Waals surface area contributed by atoms with Gasteiger partial charge >= 0.3 is 5.97 Å². The summed E-state index contributed by atoms with van der Waals surface area (Å²) < 4.78 is 7.65. The molecule has 2 aromatic rings. The fourth-order valence-corrected chi connectivity index (χ4v) is 6.08. The Balaban J connectivity index is 1.28. The molecule has 12 nitrogen and oxygen atoms in total. The maximum atomic E-state index is 13.2. The topological polar surface area (TPSA) is 160 Å². The highest BCUT2D eigenvalue weighted by Gasteiger charge is 2.55. The largest absolute Gasteiger partial charge is 0.492 e. The van der Waals surface area contributed by atoms with Gasteiger partial charge in [-0.3, -0.25) is 14.5 Å². The smallest absolute Gasteiger partial charge is 0.356 e. The van der Waals surface area contributed by atoms with Crippen LogP contribution in [0, 0.1) is 12.3 Å². The minimum Gasteiger partial charge on any atom is -0.492 e. The molecule has 0 radical (unpaired) electrons. The van der Waals surface area contributed by atoms with Gasteiger partial charge in [0.1, 0.15) is 36.2 Å². The van der Waals surface area contributed by atoms with E-state index in [9.17, 15) is 19.5 Å². The number of hydrogen-bond acceptors (Lipinski definition) is 10. The minimum atomic E-state index is -1.29. The van der Waals surface area contributed by atoms with E-state index in [4.69, 9.17) is 21.7 Å². The lowest BCUT2D eigenvalue weighted by atomic mass is 9.92. The molecule has 1 aliphatic carbocycles. The molecule has 5 rings (SSSR count). The number of aliphatic carboxylic acids is 1.